The Bertz CT molecular complexity index is 564. The van der Waals surface area contributed by atoms with Crippen LogP contribution >= 0.6 is 46.4 Å². The monoisotopic (exact) mass is 427 g/mol. The van der Waals surface area contributed by atoms with Crippen LogP contribution in [0, 0.1) is 5.92 Å². The maximum atomic E-state index is 6.18. The molecule has 0 saturated heterocycles. The third kappa shape index (κ3) is 10.1. The zero-order valence-electron chi connectivity index (χ0n) is 14.0. The lowest BCUT2D eigenvalue weighted by Gasteiger charge is -2.12. The molecule has 1 aromatic carbocycles. The largest absolute Gasteiger partial charge is 0.490 e. The normalized spacial score (nSPS) is 11.0. The zero-order chi connectivity index (χ0) is 18.7. The van der Waals surface area contributed by atoms with Crippen LogP contribution in [0.25, 0.3) is 0 Å². The number of hydrogen-bond donors (Lipinski definition) is 1. The van der Waals surface area contributed by atoms with E-state index >= 15 is 0 Å². The van der Waals surface area contributed by atoms with Gasteiger partial charge in [0.15, 0.2) is 5.75 Å². The topological polar surface area (TPSA) is 39.7 Å². The van der Waals surface area contributed by atoms with Crippen LogP contribution in [-0.4, -0.2) is 19.8 Å². The van der Waals surface area contributed by atoms with Crippen molar-refractivity contribution in [3.8, 4) is 11.5 Å². The van der Waals surface area contributed by atoms with Crippen molar-refractivity contribution in [2.45, 2.75) is 20.3 Å². The molecule has 0 aliphatic heterocycles. The van der Waals surface area contributed by atoms with Crippen molar-refractivity contribution in [3.63, 3.8) is 0 Å². The Morgan fingerprint density at radius 1 is 1.12 bits per heavy atom. The van der Waals surface area contributed by atoms with Crippen LogP contribution in [0.5, 0.6) is 11.5 Å². The van der Waals surface area contributed by atoms with Crippen LogP contribution in [0.1, 0.15) is 20.3 Å². The molecule has 0 amide bonds. The second-order valence-electron chi connectivity index (χ2n) is 5.29. The quantitative estimate of drug-likeness (QED) is 0.338. The van der Waals surface area contributed by atoms with Crippen LogP contribution in [-0.2, 0) is 4.84 Å². The maximum absolute atomic E-state index is 6.18. The van der Waals surface area contributed by atoms with E-state index in [-0.39, 0.29) is 11.1 Å². The number of hydrogen-bond acceptors (Lipinski definition) is 4. The fourth-order valence-corrected chi connectivity index (χ4v) is 2.30. The number of allylic oxidation sites excluding steroid dienone is 1. The Balaban J connectivity index is 2.37. The lowest BCUT2D eigenvalue weighted by atomic mass is 10.2. The van der Waals surface area contributed by atoms with Crippen LogP contribution in [0.15, 0.2) is 35.0 Å². The molecule has 0 aromatic heterocycles. The summed E-state index contributed by atoms with van der Waals surface area (Å²) in [6, 6.07) is 3.24. The van der Waals surface area contributed by atoms with E-state index in [9.17, 15) is 0 Å². The first kappa shape index (κ1) is 22.3. The van der Waals surface area contributed by atoms with Crippen molar-refractivity contribution in [2.24, 2.45) is 5.92 Å². The van der Waals surface area contributed by atoms with E-state index in [0.29, 0.717) is 47.1 Å². The third-order valence-corrected chi connectivity index (χ3v) is 3.60. The van der Waals surface area contributed by atoms with Gasteiger partial charge in [0.05, 0.1) is 23.3 Å². The minimum Gasteiger partial charge on any atom is -0.490 e. The van der Waals surface area contributed by atoms with Crippen molar-refractivity contribution >= 4 is 46.4 Å². The smallest absolute Gasteiger partial charge is 0.156 e. The third-order valence-electron chi connectivity index (χ3n) is 2.73. The fourth-order valence-electron chi connectivity index (χ4n) is 1.60. The lowest BCUT2D eigenvalue weighted by molar-refractivity contribution is 0.0616. The van der Waals surface area contributed by atoms with Crippen LogP contribution in [0.2, 0.25) is 10.0 Å². The first-order valence-corrected chi connectivity index (χ1v) is 9.21. The summed E-state index contributed by atoms with van der Waals surface area (Å²) in [5.41, 5.74) is 2.74. The van der Waals surface area contributed by atoms with Crippen LogP contribution in [0.3, 0.4) is 0 Å². The zero-order valence-corrected chi connectivity index (χ0v) is 17.1. The number of halogens is 4. The fraction of sp³-hybridized carbons (Fsp3) is 0.412. The molecule has 0 spiro atoms. The number of benzene rings is 1. The van der Waals surface area contributed by atoms with E-state index in [4.69, 9.17) is 60.7 Å². The van der Waals surface area contributed by atoms with E-state index in [1.54, 1.807) is 18.3 Å². The molecule has 0 radical (unpaired) electrons. The number of hydroxylamine groups is 1. The Labute approximate surface area is 168 Å². The molecule has 0 aliphatic rings. The van der Waals surface area contributed by atoms with E-state index in [2.05, 4.69) is 19.3 Å². The van der Waals surface area contributed by atoms with E-state index in [1.165, 1.54) is 6.08 Å². The Morgan fingerprint density at radius 2 is 1.80 bits per heavy atom. The highest BCUT2D eigenvalue weighted by Gasteiger charge is 2.10. The number of rotatable bonds is 11. The average molecular weight is 429 g/mol. The van der Waals surface area contributed by atoms with Gasteiger partial charge in [-0.05, 0) is 12.0 Å². The molecule has 0 unspecified atom stereocenters. The van der Waals surface area contributed by atoms with Gasteiger partial charge >= 0.3 is 0 Å². The summed E-state index contributed by atoms with van der Waals surface area (Å²) in [5, 5.41) is 0.727. The predicted octanol–water partition coefficient (Wildman–Crippen LogP) is 6.15. The molecule has 1 aromatic rings. The minimum atomic E-state index is 0.133. The van der Waals surface area contributed by atoms with E-state index in [0.717, 1.165) is 0 Å². The molecule has 0 saturated carbocycles. The standard InChI is InChI=1S/C17H21Cl4NO3/c1-12(2)4-6-22-25-8-3-7-24-17-14(18)10-13(11-15(17)19)23-9-5-16(20)21/h4-6,10-12,22H,3,7-9H2,1-2H3. The molecular weight excluding hydrogens is 408 g/mol. The highest BCUT2D eigenvalue weighted by Crippen LogP contribution is 2.37. The Hall–Kier alpha value is -0.780. The summed E-state index contributed by atoms with van der Waals surface area (Å²) in [4.78, 5) is 5.24. The van der Waals surface area contributed by atoms with Crippen molar-refractivity contribution < 1.29 is 14.3 Å². The molecule has 0 atom stereocenters. The first-order valence-electron chi connectivity index (χ1n) is 7.70. The lowest BCUT2D eigenvalue weighted by Crippen LogP contribution is -2.11. The van der Waals surface area contributed by atoms with Gasteiger partial charge < -0.3 is 9.47 Å². The number of nitrogens with one attached hydrogen (secondary N) is 1. The van der Waals surface area contributed by atoms with Gasteiger partial charge in [0.1, 0.15) is 16.8 Å². The summed E-state index contributed by atoms with van der Waals surface area (Å²) in [5.74, 6) is 1.38. The Kier molecular flexibility index (Phi) is 11.2. The second kappa shape index (κ2) is 12.6. The van der Waals surface area contributed by atoms with Crippen molar-refractivity contribution in [1.82, 2.24) is 5.48 Å². The summed E-state index contributed by atoms with van der Waals surface area (Å²) >= 11 is 23.4. The summed E-state index contributed by atoms with van der Waals surface area (Å²) in [7, 11) is 0. The molecule has 0 heterocycles. The van der Waals surface area contributed by atoms with Gasteiger partial charge in [0, 0.05) is 24.8 Å². The molecule has 4 nitrogen and oxygen atoms in total. The van der Waals surface area contributed by atoms with Crippen LogP contribution in [0.4, 0.5) is 0 Å². The number of ether oxygens (including phenoxy) is 2. The molecule has 140 valence electrons. The van der Waals surface area contributed by atoms with Crippen molar-refractivity contribution in [1.29, 1.82) is 0 Å². The van der Waals surface area contributed by atoms with Gasteiger partial charge in [-0.15, -0.1) is 0 Å². The maximum Gasteiger partial charge on any atom is 0.156 e. The molecule has 0 bridgehead atoms. The van der Waals surface area contributed by atoms with E-state index in [1.807, 2.05) is 6.08 Å². The van der Waals surface area contributed by atoms with Crippen molar-refractivity contribution in [3.05, 3.63) is 45.0 Å². The highest BCUT2D eigenvalue weighted by molar-refractivity contribution is 6.55. The van der Waals surface area contributed by atoms with Gasteiger partial charge in [-0.1, -0.05) is 66.3 Å². The van der Waals surface area contributed by atoms with Gasteiger partial charge in [-0.3, -0.25) is 10.3 Å². The minimum absolute atomic E-state index is 0.133. The van der Waals surface area contributed by atoms with E-state index < -0.39 is 0 Å². The molecule has 8 heteroatoms. The van der Waals surface area contributed by atoms with Gasteiger partial charge in [-0.2, -0.15) is 0 Å². The SMILES string of the molecule is CC(C)C=CNOCCCOc1c(Cl)cc(OCC=C(Cl)Cl)cc1Cl. The molecule has 0 aliphatic carbocycles. The Morgan fingerprint density at radius 3 is 2.40 bits per heavy atom. The molecule has 0 fully saturated rings. The average Bonchev–Trinajstić information content (AvgIpc) is 2.51. The highest BCUT2D eigenvalue weighted by atomic mass is 35.5. The predicted molar refractivity (Wildman–Crippen MR) is 105 cm³/mol. The summed E-state index contributed by atoms with van der Waals surface area (Å²) in [6.45, 7) is 5.29. The summed E-state index contributed by atoms with van der Waals surface area (Å²) in [6.07, 6.45) is 5.95. The second-order valence-corrected chi connectivity index (χ2v) is 7.11. The molecule has 1 rings (SSSR count). The van der Waals surface area contributed by atoms with Crippen LogP contribution < -0.4 is 15.0 Å². The van der Waals surface area contributed by atoms with Gasteiger partial charge in [-0.25, -0.2) is 0 Å². The molecule has 25 heavy (non-hydrogen) atoms. The summed E-state index contributed by atoms with van der Waals surface area (Å²) < 4.78 is 11.2. The van der Waals surface area contributed by atoms with Crippen molar-refractivity contribution in [2.75, 3.05) is 19.8 Å². The van der Waals surface area contributed by atoms with Gasteiger partial charge in [0.2, 0.25) is 0 Å². The van der Waals surface area contributed by atoms with Gasteiger partial charge in [0.25, 0.3) is 0 Å². The molecule has 1 N–H and O–H groups in total. The molecular formula is C17H21Cl4NO3. The first-order chi connectivity index (χ1) is 11.9.